The lowest BCUT2D eigenvalue weighted by Crippen LogP contribution is -2.18. The second kappa shape index (κ2) is 6.83. The fourth-order valence-corrected chi connectivity index (χ4v) is 2.13. The first-order chi connectivity index (χ1) is 8.45. The van der Waals surface area contributed by atoms with Crippen LogP contribution in [0, 0.1) is 24.5 Å². The molecule has 1 nitrogen and oxygen atoms in total. The zero-order valence-electron chi connectivity index (χ0n) is 11.7. The van der Waals surface area contributed by atoms with Crippen molar-refractivity contribution in [2.75, 3.05) is 7.05 Å². The first kappa shape index (κ1) is 15.1. The van der Waals surface area contributed by atoms with Crippen molar-refractivity contribution in [2.45, 2.75) is 46.1 Å². The van der Waals surface area contributed by atoms with Gasteiger partial charge in [-0.1, -0.05) is 26.7 Å². The van der Waals surface area contributed by atoms with Gasteiger partial charge >= 0.3 is 0 Å². The molecule has 0 aliphatic heterocycles. The standard InChI is InChI=1S/C15H23F2N/c1-10(2)6-5-7-15(18-4)12-8-11(3)13(16)9-14(12)17/h8-10,15,18H,5-7H2,1-4H3. The number of aryl methyl sites for hydroxylation is 1. The molecule has 0 aliphatic rings. The summed E-state index contributed by atoms with van der Waals surface area (Å²) in [5.74, 6) is -0.280. The van der Waals surface area contributed by atoms with Gasteiger partial charge in [0.15, 0.2) is 0 Å². The van der Waals surface area contributed by atoms with Gasteiger partial charge in [-0.05, 0) is 37.9 Å². The van der Waals surface area contributed by atoms with Crippen LogP contribution in [-0.2, 0) is 0 Å². The lowest BCUT2D eigenvalue weighted by molar-refractivity contribution is 0.453. The molecule has 1 rings (SSSR count). The third-order valence-electron chi connectivity index (χ3n) is 3.28. The van der Waals surface area contributed by atoms with Crippen molar-refractivity contribution < 1.29 is 8.78 Å². The van der Waals surface area contributed by atoms with Crippen LogP contribution in [0.5, 0.6) is 0 Å². The van der Waals surface area contributed by atoms with Gasteiger partial charge in [0, 0.05) is 17.7 Å². The predicted molar refractivity (Wildman–Crippen MR) is 71.6 cm³/mol. The lowest BCUT2D eigenvalue weighted by Gasteiger charge is -2.18. The van der Waals surface area contributed by atoms with Gasteiger partial charge in [0.2, 0.25) is 0 Å². The Morgan fingerprint density at radius 3 is 2.33 bits per heavy atom. The average molecular weight is 255 g/mol. The third-order valence-corrected chi connectivity index (χ3v) is 3.28. The molecule has 0 saturated carbocycles. The quantitative estimate of drug-likeness (QED) is 0.796. The fourth-order valence-electron chi connectivity index (χ4n) is 2.13. The van der Waals surface area contributed by atoms with Crippen LogP contribution in [-0.4, -0.2) is 7.05 Å². The summed E-state index contributed by atoms with van der Waals surface area (Å²) < 4.78 is 27.0. The van der Waals surface area contributed by atoms with Crippen LogP contribution in [0.1, 0.15) is 50.3 Å². The number of rotatable bonds is 6. The van der Waals surface area contributed by atoms with Crippen LogP contribution < -0.4 is 5.32 Å². The zero-order valence-corrected chi connectivity index (χ0v) is 11.7. The zero-order chi connectivity index (χ0) is 13.7. The number of halogens is 2. The van der Waals surface area contributed by atoms with Gasteiger partial charge in [-0.25, -0.2) is 8.78 Å². The van der Waals surface area contributed by atoms with E-state index in [9.17, 15) is 8.78 Å². The van der Waals surface area contributed by atoms with Gasteiger partial charge < -0.3 is 5.32 Å². The molecule has 1 aromatic rings. The highest BCUT2D eigenvalue weighted by molar-refractivity contribution is 5.28. The highest BCUT2D eigenvalue weighted by Gasteiger charge is 2.16. The molecule has 3 heteroatoms. The minimum atomic E-state index is -0.478. The molecule has 0 aliphatic carbocycles. The van der Waals surface area contributed by atoms with Crippen LogP contribution in [0.2, 0.25) is 0 Å². The van der Waals surface area contributed by atoms with Crippen LogP contribution >= 0.6 is 0 Å². The molecule has 1 unspecified atom stereocenters. The molecule has 0 saturated heterocycles. The third kappa shape index (κ3) is 4.05. The Kier molecular flexibility index (Phi) is 5.73. The van der Waals surface area contributed by atoms with E-state index in [1.165, 1.54) is 0 Å². The van der Waals surface area contributed by atoms with Crippen LogP contribution in [0.15, 0.2) is 12.1 Å². The highest BCUT2D eigenvalue weighted by Crippen LogP contribution is 2.25. The maximum Gasteiger partial charge on any atom is 0.130 e. The second-order valence-electron chi connectivity index (χ2n) is 5.29. The molecule has 0 spiro atoms. The summed E-state index contributed by atoms with van der Waals surface area (Å²) in [6.07, 6.45) is 3.04. The van der Waals surface area contributed by atoms with Crippen molar-refractivity contribution in [3.63, 3.8) is 0 Å². The average Bonchev–Trinajstić information content (AvgIpc) is 2.30. The Morgan fingerprint density at radius 1 is 1.11 bits per heavy atom. The molecular weight excluding hydrogens is 232 g/mol. The van der Waals surface area contributed by atoms with Gasteiger partial charge in [-0.15, -0.1) is 0 Å². The van der Waals surface area contributed by atoms with E-state index in [0.29, 0.717) is 17.0 Å². The monoisotopic (exact) mass is 255 g/mol. The van der Waals surface area contributed by atoms with Crippen molar-refractivity contribution in [1.29, 1.82) is 0 Å². The van der Waals surface area contributed by atoms with Gasteiger partial charge in [0.1, 0.15) is 11.6 Å². The van der Waals surface area contributed by atoms with E-state index in [1.807, 2.05) is 7.05 Å². The largest absolute Gasteiger partial charge is 0.313 e. The molecule has 0 fully saturated rings. The summed E-state index contributed by atoms with van der Waals surface area (Å²) in [6.45, 7) is 6.02. The van der Waals surface area contributed by atoms with Crippen molar-refractivity contribution >= 4 is 0 Å². The molecule has 1 atom stereocenters. The number of nitrogens with one attached hydrogen (secondary N) is 1. The lowest BCUT2D eigenvalue weighted by atomic mass is 9.96. The molecule has 0 aromatic heterocycles. The van der Waals surface area contributed by atoms with E-state index in [4.69, 9.17) is 0 Å². The molecule has 1 aromatic carbocycles. The normalized spacial score (nSPS) is 13.1. The number of hydrogen-bond donors (Lipinski definition) is 1. The maximum absolute atomic E-state index is 13.8. The Balaban J connectivity index is 2.78. The van der Waals surface area contributed by atoms with Gasteiger partial charge in [-0.3, -0.25) is 0 Å². The fraction of sp³-hybridized carbons (Fsp3) is 0.600. The van der Waals surface area contributed by atoms with E-state index in [1.54, 1.807) is 13.0 Å². The van der Waals surface area contributed by atoms with Crippen molar-refractivity contribution in [2.24, 2.45) is 5.92 Å². The highest BCUT2D eigenvalue weighted by atomic mass is 19.1. The summed E-state index contributed by atoms with van der Waals surface area (Å²) in [5, 5.41) is 3.12. The van der Waals surface area contributed by atoms with E-state index in [2.05, 4.69) is 19.2 Å². The maximum atomic E-state index is 13.8. The van der Waals surface area contributed by atoms with E-state index >= 15 is 0 Å². The first-order valence-corrected chi connectivity index (χ1v) is 6.58. The van der Waals surface area contributed by atoms with Crippen molar-refractivity contribution in [1.82, 2.24) is 5.32 Å². The van der Waals surface area contributed by atoms with Crippen molar-refractivity contribution in [3.05, 3.63) is 34.9 Å². The smallest absolute Gasteiger partial charge is 0.130 e. The molecule has 102 valence electrons. The Hall–Kier alpha value is -0.960. The molecular formula is C15H23F2N. The molecule has 1 N–H and O–H groups in total. The van der Waals surface area contributed by atoms with E-state index < -0.39 is 11.6 Å². The van der Waals surface area contributed by atoms with E-state index in [0.717, 1.165) is 25.3 Å². The molecule has 0 radical (unpaired) electrons. The van der Waals surface area contributed by atoms with Crippen LogP contribution in [0.4, 0.5) is 8.78 Å². The topological polar surface area (TPSA) is 12.0 Å². The minimum Gasteiger partial charge on any atom is -0.313 e. The molecule has 0 bridgehead atoms. The summed E-state index contributed by atoms with van der Waals surface area (Å²) in [7, 11) is 1.82. The molecule has 0 heterocycles. The molecule has 18 heavy (non-hydrogen) atoms. The Morgan fingerprint density at radius 2 is 1.78 bits per heavy atom. The minimum absolute atomic E-state index is 0.0388. The van der Waals surface area contributed by atoms with E-state index in [-0.39, 0.29) is 6.04 Å². The summed E-state index contributed by atoms with van der Waals surface area (Å²) >= 11 is 0. The Labute approximate surface area is 109 Å². The summed E-state index contributed by atoms with van der Waals surface area (Å²) in [6, 6.07) is 2.56. The first-order valence-electron chi connectivity index (χ1n) is 6.58. The predicted octanol–water partition coefficient (Wildman–Crippen LogP) is 4.36. The second-order valence-corrected chi connectivity index (χ2v) is 5.29. The van der Waals surface area contributed by atoms with Gasteiger partial charge in [0.25, 0.3) is 0 Å². The van der Waals surface area contributed by atoms with Crippen LogP contribution in [0.25, 0.3) is 0 Å². The van der Waals surface area contributed by atoms with Gasteiger partial charge in [0.05, 0.1) is 0 Å². The SMILES string of the molecule is CNC(CCCC(C)C)c1cc(C)c(F)cc1F. The molecule has 0 amide bonds. The number of benzene rings is 1. The summed E-state index contributed by atoms with van der Waals surface area (Å²) in [5.41, 5.74) is 1.07. The Bertz CT molecular complexity index is 388. The van der Waals surface area contributed by atoms with Gasteiger partial charge in [-0.2, -0.15) is 0 Å². The summed E-state index contributed by atoms with van der Waals surface area (Å²) in [4.78, 5) is 0. The van der Waals surface area contributed by atoms with Crippen LogP contribution in [0.3, 0.4) is 0 Å². The van der Waals surface area contributed by atoms with Crippen molar-refractivity contribution in [3.8, 4) is 0 Å². The number of hydrogen-bond acceptors (Lipinski definition) is 1.